The summed E-state index contributed by atoms with van der Waals surface area (Å²) in [5.74, 6) is -3.93. The molecule has 0 heterocycles. The van der Waals surface area contributed by atoms with Crippen molar-refractivity contribution in [3.8, 4) is 0 Å². The Kier molecular flexibility index (Phi) is 11.6. The highest BCUT2D eigenvalue weighted by Gasteiger charge is 2.27. The molecular formula is C14H26N4O6S. The van der Waals surface area contributed by atoms with Gasteiger partial charge in [0.2, 0.25) is 11.8 Å². The number of carbonyl (C=O) groups excluding carboxylic acids is 2. The molecular weight excluding hydrogens is 352 g/mol. The summed E-state index contributed by atoms with van der Waals surface area (Å²) >= 11 is 3.97. The topological polar surface area (TPSA) is 185 Å². The number of nitrogens with one attached hydrogen (secondary N) is 2. The number of thiol groups is 1. The van der Waals surface area contributed by atoms with Gasteiger partial charge in [0.1, 0.15) is 12.1 Å². The smallest absolute Gasteiger partial charge is 0.326 e. The summed E-state index contributed by atoms with van der Waals surface area (Å²) < 4.78 is 0. The van der Waals surface area contributed by atoms with Crippen LogP contribution in [0.1, 0.15) is 32.1 Å². The Bertz CT molecular complexity index is 476. The second kappa shape index (κ2) is 12.5. The summed E-state index contributed by atoms with van der Waals surface area (Å²) in [6.07, 6.45) is 1.10. The number of nitrogens with two attached hydrogens (primary N) is 2. The largest absolute Gasteiger partial charge is 0.481 e. The first-order valence-electron chi connectivity index (χ1n) is 7.84. The van der Waals surface area contributed by atoms with Crippen LogP contribution in [0, 0.1) is 0 Å². The normalized spacial score (nSPS) is 14.2. The van der Waals surface area contributed by atoms with E-state index in [4.69, 9.17) is 21.7 Å². The molecule has 0 aliphatic carbocycles. The molecule has 0 aromatic heterocycles. The van der Waals surface area contributed by atoms with Gasteiger partial charge in [-0.3, -0.25) is 14.4 Å². The van der Waals surface area contributed by atoms with Gasteiger partial charge in [-0.05, 0) is 25.8 Å². The minimum Gasteiger partial charge on any atom is -0.481 e. The standard InChI is InChI=1S/C14H26N4O6S/c15-6-2-1-3-8(16)12(21)18-10(7-25)13(22)17-9(14(23)24)4-5-11(19)20/h8-10,25H,1-7,15-16H2,(H,17,22)(H,18,21)(H,19,20)(H,23,24)/t8-,9-,10-/m0/s1. The second-order valence-corrected chi connectivity index (χ2v) is 5.83. The molecule has 25 heavy (non-hydrogen) atoms. The van der Waals surface area contributed by atoms with Gasteiger partial charge in [0, 0.05) is 12.2 Å². The molecule has 0 aliphatic heterocycles. The lowest BCUT2D eigenvalue weighted by Gasteiger charge is -2.21. The van der Waals surface area contributed by atoms with E-state index in [1.54, 1.807) is 0 Å². The van der Waals surface area contributed by atoms with Crippen molar-refractivity contribution in [3.63, 3.8) is 0 Å². The molecule has 144 valence electrons. The van der Waals surface area contributed by atoms with E-state index in [1.165, 1.54) is 0 Å². The van der Waals surface area contributed by atoms with E-state index in [0.717, 1.165) is 6.42 Å². The lowest BCUT2D eigenvalue weighted by atomic mass is 10.1. The fourth-order valence-corrected chi connectivity index (χ4v) is 2.17. The van der Waals surface area contributed by atoms with Crippen LogP contribution in [-0.2, 0) is 19.2 Å². The molecule has 0 saturated carbocycles. The predicted octanol–water partition coefficient (Wildman–Crippen LogP) is -1.71. The number of amides is 2. The second-order valence-electron chi connectivity index (χ2n) is 5.47. The molecule has 0 bridgehead atoms. The Hall–Kier alpha value is -1.85. The van der Waals surface area contributed by atoms with E-state index in [9.17, 15) is 19.2 Å². The number of hydrogen-bond donors (Lipinski definition) is 7. The van der Waals surface area contributed by atoms with Gasteiger partial charge in [-0.25, -0.2) is 4.79 Å². The van der Waals surface area contributed by atoms with Gasteiger partial charge in [-0.2, -0.15) is 12.6 Å². The fourth-order valence-electron chi connectivity index (χ4n) is 1.91. The van der Waals surface area contributed by atoms with Crippen LogP contribution in [0.15, 0.2) is 0 Å². The van der Waals surface area contributed by atoms with Crippen molar-refractivity contribution in [1.82, 2.24) is 10.6 Å². The SMILES string of the molecule is NCCCC[C@H](N)C(=O)N[C@@H](CS)C(=O)N[C@@H](CCC(=O)O)C(=O)O. The average molecular weight is 378 g/mol. The highest BCUT2D eigenvalue weighted by Crippen LogP contribution is 2.02. The highest BCUT2D eigenvalue weighted by molar-refractivity contribution is 7.80. The van der Waals surface area contributed by atoms with Crippen molar-refractivity contribution in [2.75, 3.05) is 12.3 Å². The molecule has 11 heteroatoms. The molecule has 3 atom stereocenters. The zero-order valence-electron chi connectivity index (χ0n) is 13.8. The third kappa shape index (κ3) is 9.89. The minimum absolute atomic E-state index is 0.0711. The molecule has 0 fully saturated rings. The van der Waals surface area contributed by atoms with Crippen molar-refractivity contribution in [1.29, 1.82) is 0 Å². The fraction of sp³-hybridized carbons (Fsp3) is 0.714. The van der Waals surface area contributed by atoms with E-state index in [2.05, 4.69) is 23.3 Å². The van der Waals surface area contributed by atoms with E-state index in [-0.39, 0.29) is 12.2 Å². The minimum atomic E-state index is -1.37. The highest BCUT2D eigenvalue weighted by atomic mass is 32.1. The summed E-state index contributed by atoms with van der Waals surface area (Å²) in [6, 6.07) is -3.27. The Morgan fingerprint density at radius 3 is 2.04 bits per heavy atom. The average Bonchev–Trinajstić information content (AvgIpc) is 2.55. The number of aliphatic carboxylic acids is 2. The molecule has 2 amide bonds. The Balaban J connectivity index is 4.63. The van der Waals surface area contributed by atoms with Gasteiger partial charge < -0.3 is 32.3 Å². The first-order chi connectivity index (χ1) is 11.7. The van der Waals surface area contributed by atoms with Crippen LogP contribution in [0.25, 0.3) is 0 Å². The third-order valence-corrected chi connectivity index (χ3v) is 3.75. The van der Waals surface area contributed by atoms with E-state index >= 15 is 0 Å². The van der Waals surface area contributed by atoms with Crippen molar-refractivity contribution in [2.24, 2.45) is 11.5 Å². The molecule has 0 rings (SSSR count). The summed E-state index contributed by atoms with van der Waals surface area (Å²) in [5.41, 5.74) is 11.1. The van der Waals surface area contributed by atoms with Gasteiger partial charge in [-0.1, -0.05) is 6.42 Å². The summed E-state index contributed by atoms with van der Waals surface area (Å²) in [4.78, 5) is 45.7. The van der Waals surface area contributed by atoms with Gasteiger partial charge in [0.15, 0.2) is 0 Å². The van der Waals surface area contributed by atoms with E-state index < -0.39 is 48.3 Å². The summed E-state index contributed by atoms with van der Waals surface area (Å²) in [5, 5.41) is 22.2. The summed E-state index contributed by atoms with van der Waals surface area (Å²) in [6.45, 7) is 0.489. The number of hydrogen-bond acceptors (Lipinski definition) is 7. The van der Waals surface area contributed by atoms with Gasteiger partial charge in [0.25, 0.3) is 0 Å². The lowest BCUT2D eigenvalue weighted by Crippen LogP contribution is -2.55. The van der Waals surface area contributed by atoms with E-state index in [0.29, 0.717) is 19.4 Å². The quantitative estimate of drug-likeness (QED) is 0.146. The van der Waals surface area contributed by atoms with Gasteiger partial charge >= 0.3 is 11.9 Å². The zero-order valence-corrected chi connectivity index (χ0v) is 14.7. The maximum atomic E-state index is 12.1. The first-order valence-corrected chi connectivity index (χ1v) is 8.48. The van der Waals surface area contributed by atoms with Crippen molar-refractivity contribution < 1.29 is 29.4 Å². The third-order valence-electron chi connectivity index (χ3n) is 3.38. The van der Waals surface area contributed by atoms with Crippen molar-refractivity contribution in [3.05, 3.63) is 0 Å². The Morgan fingerprint density at radius 2 is 1.56 bits per heavy atom. The molecule has 0 aliphatic rings. The zero-order chi connectivity index (χ0) is 19.4. The number of carboxylic acids is 2. The van der Waals surface area contributed by atoms with Crippen LogP contribution >= 0.6 is 12.6 Å². The Morgan fingerprint density at radius 1 is 0.960 bits per heavy atom. The molecule has 0 unspecified atom stereocenters. The van der Waals surface area contributed by atoms with Crippen LogP contribution in [0.4, 0.5) is 0 Å². The molecule has 0 spiro atoms. The Labute approximate surface area is 151 Å². The number of unbranched alkanes of at least 4 members (excludes halogenated alkanes) is 1. The lowest BCUT2D eigenvalue weighted by molar-refractivity contribution is -0.143. The maximum Gasteiger partial charge on any atom is 0.326 e. The van der Waals surface area contributed by atoms with Gasteiger partial charge in [0.05, 0.1) is 6.04 Å². The number of carboxylic acid groups (broad SMARTS) is 2. The first kappa shape index (κ1) is 23.1. The number of carbonyl (C=O) groups is 4. The molecule has 0 saturated heterocycles. The van der Waals surface area contributed by atoms with Crippen LogP contribution in [0.2, 0.25) is 0 Å². The predicted molar refractivity (Wildman–Crippen MR) is 93.1 cm³/mol. The van der Waals surface area contributed by atoms with Crippen LogP contribution < -0.4 is 22.1 Å². The van der Waals surface area contributed by atoms with Gasteiger partial charge in [-0.15, -0.1) is 0 Å². The number of rotatable bonds is 13. The monoisotopic (exact) mass is 378 g/mol. The van der Waals surface area contributed by atoms with Crippen LogP contribution in [-0.4, -0.2) is 64.4 Å². The molecule has 0 radical (unpaired) electrons. The molecule has 0 aromatic carbocycles. The molecule has 10 nitrogen and oxygen atoms in total. The molecule has 0 aromatic rings. The molecule has 8 N–H and O–H groups in total. The van der Waals surface area contributed by atoms with Crippen LogP contribution in [0.3, 0.4) is 0 Å². The van der Waals surface area contributed by atoms with Crippen molar-refractivity contribution >= 4 is 36.4 Å². The van der Waals surface area contributed by atoms with E-state index in [1.807, 2.05) is 0 Å². The van der Waals surface area contributed by atoms with Crippen LogP contribution in [0.5, 0.6) is 0 Å². The maximum absolute atomic E-state index is 12.1. The van der Waals surface area contributed by atoms with Crippen molar-refractivity contribution in [2.45, 2.75) is 50.2 Å². The summed E-state index contributed by atoms with van der Waals surface area (Å²) in [7, 11) is 0.